The summed E-state index contributed by atoms with van der Waals surface area (Å²) in [5, 5.41) is 6.22. The first kappa shape index (κ1) is 17.6. The Balaban J connectivity index is 1.67. The maximum Gasteiger partial charge on any atom is 0.257 e. The Morgan fingerprint density at radius 1 is 1.36 bits per heavy atom. The second kappa shape index (κ2) is 7.76. The molecule has 25 heavy (non-hydrogen) atoms. The van der Waals surface area contributed by atoms with Crippen molar-refractivity contribution >= 4 is 34.0 Å². The van der Waals surface area contributed by atoms with Crippen LogP contribution >= 0.6 is 11.3 Å². The van der Waals surface area contributed by atoms with Gasteiger partial charge in [-0.1, -0.05) is 13.0 Å². The molecular formula is C18H21N3O3S. The average Bonchev–Trinajstić information content (AvgIpc) is 3.24. The third-order valence-corrected chi connectivity index (χ3v) is 4.99. The summed E-state index contributed by atoms with van der Waals surface area (Å²) in [6, 6.07) is 6.86. The molecule has 0 unspecified atom stereocenters. The van der Waals surface area contributed by atoms with Gasteiger partial charge in [-0.15, -0.1) is 11.3 Å². The Hall–Kier alpha value is -2.25. The molecule has 132 valence electrons. The van der Waals surface area contributed by atoms with Gasteiger partial charge in [-0.05, 0) is 44.4 Å². The molecule has 0 aliphatic carbocycles. The zero-order valence-corrected chi connectivity index (χ0v) is 15.1. The Kier molecular flexibility index (Phi) is 5.45. The smallest absolute Gasteiger partial charge is 0.257 e. The summed E-state index contributed by atoms with van der Waals surface area (Å²) < 4.78 is 5.37. The van der Waals surface area contributed by atoms with Crippen molar-refractivity contribution in [2.75, 3.05) is 17.2 Å². The lowest BCUT2D eigenvalue weighted by atomic mass is 10.1. The third kappa shape index (κ3) is 4.24. The molecule has 0 bridgehead atoms. The molecule has 1 fully saturated rings. The molecule has 1 aromatic carbocycles. The van der Waals surface area contributed by atoms with Crippen molar-refractivity contribution in [3.8, 4) is 0 Å². The number of ether oxygens (including phenoxy) is 1. The highest BCUT2D eigenvalue weighted by molar-refractivity contribution is 7.15. The number of carbonyl (C=O) groups is 2. The summed E-state index contributed by atoms with van der Waals surface area (Å²) in [4.78, 5) is 30.1. The van der Waals surface area contributed by atoms with Gasteiger partial charge in [0.25, 0.3) is 11.8 Å². The van der Waals surface area contributed by atoms with E-state index < -0.39 is 6.10 Å². The van der Waals surface area contributed by atoms with Gasteiger partial charge >= 0.3 is 0 Å². The van der Waals surface area contributed by atoms with Crippen molar-refractivity contribution in [1.29, 1.82) is 0 Å². The van der Waals surface area contributed by atoms with Crippen molar-refractivity contribution in [2.45, 2.75) is 39.2 Å². The zero-order chi connectivity index (χ0) is 17.8. The van der Waals surface area contributed by atoms with Crippen LogP contribution in [0.4, 0.5) is 10.8 Å². The minimum Gasteiger partial charge on any atom is -0.368 e. The molecule has 2 heterocycles. The van der Waals surface area contributed by atoms with Crippen molar-refractivity contribution in [2.24, 2.45) is 0 Å². The number of benzene rings is 1. The minimum absolute atomic E-state index is 0.168. The topological polar surface area (TPSA) is 80.3 Å². The summed E-state index contributed by atoms with van der Waals surface area (Å²) in [5.41, 5.74) is 2.05. The molecule has 7 heteroatoms. The predicted molar refractivity (Wildman–Crippen MR) is 98.2 cm³/mol. The molecule has 0 spiro atoms. The van der Waals surface area contributed by atoms with Crippen LogP contribution in [0.25, 0.3) is 0 Å². The highest BCUT2D eigenvalue weighted by atomic mass is 32.1. The van der Waals surface area contributed by atoms with Crippen LogP contribution in [0.5, 0.6) is 0 Å². The first-order valence-electron chi connectivity index (χ1n) is 8.37. The molecule has 2 aromatic rings. The molecular weight excluding hydrogens is 338 g/mol. The highest BCUT2D eigenvalue weighted by Crippen LogP contribution is 2.23. The van der Waals surface area contributed by atoms with Crippen molar-refractivity contribution < 1.29 is 14.3 Å². The van der Waals surface area contributed by atoms with E-state index in [1.165, 1.54) is 11.3 Å². The van der Waals surface area contributed by atoms with Crippen molar-refractivity contribution in [3.05, 3.63) is 40.4 Å². The van der Waals surface area contributed by atoms with Crippen molar-refractivity contribution in [3.63, 3.8) is 0 Å². The Labute approximate surface area is 150 Å². The number of carbonyl (C=O) groups excluding carboxylic acids is 2. The summed E-state index contributed by atoms with van der Waals surface area (Å²) in [5.74, 6) is -0.414. The fourth-order valence-electron chi connectivity index (χ4n) is 2.72. The van der Waals surface area contributed by atoms with Gasteiger partial charge in [-0.3, -0.25) is 14.9 Å². The van der Waals surface area contributed by atoms with Gasteiger partial charge in [-0.25, -0.2) is 4.98 Å². The first-order chi connectivity index (χ1) is 12.1. The van der Waals surface area contributed by atoms with E-state index >= 15 is 0 Å². The lowest BCUT2D eigenvalue weighted by Crippen LogP contribution is -2.27. The van der Waals surface area contributed by atoms with E-state index in [-0.39, 0.29) is 11.8 Å². The minimum atomic E-state index is -0.400. The van der Waals surface area contributed by atoms with E-state index in [1.807, 2.05) is 13.8 Å². The molecule has 1 atom stereocenters. The standard InChI is InChI=1S/C18H21N3O3S/c1-3-14-11(2)25-18(20-14)21-16(22)12-6-4-7-13(10-12)19-17(23)15-8-5-9-24-15/h4,6-7,10,15H,3,5,8-9H2,1-2H3,(H,19,23)(H,20,21,22)/t15-/m1/s1. The number of rotatable bonds is 5. The molecule has 1 aliphatic rings. The van der Waals surface area contributed by atoms with E-state index in [0.717, 1.165) is 29.8 Å². The van der Waals surface area contributed by atoms with E-state index in [1.54, 1.807) is 24.3 Å². The SMILES string of the molecule is CCc1nc(NC(=O)c2cccc(NC(=O)[C@H]3CCCO3)c2)sc1C. The lowest BCUT2D eigenvalue weighted by molar-refractivity contribution is -0.124. The second-order valence-corrected chi connectivity index (χ2v) is 7.10. The van der Waals surface area contributed by atoms with Crippen LogP contribution in [0.2, 0.25) is 0 Å². The molecule has 1 saturated heterocycles. The maximum absolute atomic E-state index is 12.4. The summed E-state index contributed by atoms with van der Waals surface area (Å²) >= 11 is 1.46. The number of thiazole rings is 1. The number of anilines is 2. The number of nitrogens with zero attached hydrogens (tertiary/aromatic N) is 1. The largest absolute Gasteiger partial charge is 0.368 e. The van der Waals surface area contributed by atoms with Gasteiger partial charge in [-0.2, -0.15) is 0 Å². The van der Waals surface area contributed by atoms with Gasteiger partial charge in [0.2, 0.25) is 0 Å². The predicted octanol–water partition coefficient (Wildman–Crippen LogP) is 3.38. The fourth-order valence-corrected chi connectivity index (χ4v) is 3.62. The quantitative estimate of drug-likeness (QED) is 0.857. The Morgan fingerprint density at radius 3 is 2.88 bits per heavy atom. The summed E-state index contributed by atoms with van der Waals surface area (Å²) in [6.07, 6.45) is 2.06. The van der Waals surface area contributed by atoms with Gasteiger partial charge in [0.05, 0.1) is 5.69 Å². The van der Waals surface area contributed by atoms with Gasteiger partial charge in [0, 0.05) is 22.7 Å². The molecule has 3 rings (SSSR count). The third-order valence-electron chi connectivity index (χ3n) is 4.06. The zero-order valence-electron chi connectivity index (χ0n) is 14.3. The van der Waals surface area contributed by atoms with Crippen LogP contribution in [0.1, 0.15) is 40.7 Å². The van der Waals surface area contributed by atoms with E-state index in [4.69, 9.17) is 4.74 Å². The van der Waals surface area contributed by atoms with Gasteiger partial charge in [0.15, 0.2) is 5.13 Å². The Morgan fingerprint density at radius 2 is 2.20 bits per heavy atom. The number of aryl methyl sites for hydroxylation is 2. The molecule has 2 amide bonds. The molecule has 0 saturated carbocycles. The molecule has 1 aromatic heterocycles. The van der Waals surface area contributed by atoms with Crippen LogP contribution in [0.3, 0.4) is 0 Å². The molecule has 1 aliphatic heterocycles. The van der Waals surface area contributed by atoms with Gasteiger partial charge in [0.1, 0.15) is 6.10 Å². The molecule has 2 N–H and O–H groups in total. The lowest BCUT2D eigenvalue weighted by Gasteiger charge is -2.11. The normalized spacial score (nSPS) is 16.6. The number of nitrogens with one attached hydrogen (secondary N) is 2. The second-order valence-electron chi connectivity index (χ2n) is 5.90. The fraction of sp³-hybridized carbons (Fsp3) is 0.389. The van der Waals surface area contributed by atoms with Crippen LogP contribution in [0, 0.1) is 6.92 Å². The average molecular weight is 359 g/mol. The van der Waals surface area contributed by atoms with E-state index in [9.17, 15) is 9.59 Å². The van der Waals surface area contributed by atoms with E-state index in [0.29, 0.717) is 23.0 Å². The first-order valence-corrected chi connectivity index (χ1v) is 9.18. The highest BCUT2D eigenvalue weighted by Gasteiger charge is 2.23. The number of hydrogen-bond donors (Lipinski definition) is 2. The Bertz CT molecular complexity index is 782. The number of hydrogen-bond acceptors (Lipinski definition) is 5. The van der Waals surface area contributed by atoms with Crippen LogP contribution in [-0.2, 0) is 16.0 Å². The van der Waals surface area contributed by atoms with Crippen LogP contribution < -0.4 is 10.6 Å². The van der Waals surface area contributed by atoms with Crippen molar-refractivity contribution in [1.82, 2.24) is 4.98 Å². The number of aromatic nitrogens is 1. The van der Waals surface area contributed by atoms with E-state index in [2.05, 4.69) is 15.6 Å². The maximum atomic E-state index is 12.4. The molecule has 0 radical (unpaired) electrons. The summed E-state index contributed by atoms with van der Waals surface area (Å²) in [6.45, 7) is 4.65. The van der Waals surface area contributed by atoms with Gasteiger partial charge < -0.3 is 10.1 Å². The van der Waals surface area contributed by atoms with Crippen LogP contribution in [0.15, 0.2) is 24.3 Å². The number of amides is 2. The van der Waals surface area contributed by atoms with Crippen LogP contribution in [-0.4, -0.2) is 29.5 Å². The molecule has 6 nitrogen and oxygen atoms in total. The monoisotopic (exact) mass is 359 g/mol. The summed E-state index contributed by atoms with van der Waals surface area (Å²) in [7, 11) is 0.